The minimum absolute atomic E-state index is 0.0830. The number of aliphatic hydroxyl groups is 1. The van der Waals surface area contributed by atoms with Crippen LogP contribution < -0.4 is 5.32 Å². The normalized spacial score (nSPS) is 17.9. The van der Waals surface area contributed by atoms with Gasteiger partial charge in [0.25, 0.3) is 0 Å². The standard InChI is InChI=1S/C20H25N3O2/c1-14(2)19(17-9-5-6-11-21-17)22-20(25)23-12-10-15-7-3-4-8-16(15)18(23)13-24/h3-9,11,14,18-19,24H,10,12-13H2,1-2H3,(H,22,25)/t18-,19+/m0/s1. The summed E-state index contributed by atoms with van der Waals surface area (Å²) in [6.45, 7) is 4.64. The Morgan fingerprint density at radius 3 is 2.72 bits per heavy atom. The molecule has 1 aromatic carbocycles. The molecule has 5 nitrogen and oxygen atoms in total. The monoisotopic (exact) mass is 339 g/mol. The van der Waals surface area contributed by atoms with Gasteiger partial charge in [-0.2, -0.15) is 0 Å². The van der Waals surface area contributed by atoms with Crippen LogP contribution in [0.25, 0.3) is 0 Å². The number of rotatable bonds is 4. The number of fused-ring (bicyclic) bond motifs is 1. The lowest BCUT2D eigenvalue weighted by atomic mass is 9.93. The van der Waals surface area contributed by atoms with E-state index in [1.807, 2.05) is 36.4 Å². The molecular formula is C20H25N3O2. The van der Waals surface area contributed by atoms with Gasteiger partial charge in [0.05, 0.1) is 24.4 Å². The van der Waals surface area contributed by atoms with Crippen LogP contribution in [0.2, 0.25) is 0 Å². The fourth-order valence-electron chi connectivity index (χ4n) is 3.45. The smallest absolute Gasteiger partial charge is 0.318 e. The van der Waals surface area contributed by atoms with Crippen molar-refractivity contribution in [2.75, 3.05) is 13.2 Å². The molecule has 0 radical (unpaired) electrons. The van der Waals surface area contributed by atoms with E-state index in [1.165, 1.54) is 5.56 Å². The molecule has 2 N–H and O–H groups in total. The van der Waals surface area contributed by atoms with Crippen LogP contribution >= 0.6 is 0 Å². The van der Waals surface area contributed by atoms with Crippen molar-refractivity contribution in [2.45, 2.75) is 32.4 Å². The van der Waals surface area contributed by atoms with E-state index >= 15 is 0 Å². The average molecular weight is 339 g/mol. The van der Waals surface area contributed by atoms with Gasteiger partial charge in [0.2, 0.25) is 0 Å². The topological polar surface area (TPSA) is 65.5 Å². The van der Waals surface area contributed by atoms with Crippen molar-refractivity contribution in [3.05, 3.63) is 65.5 Å². The molecular weight excluding hydrogens is 314 g/mol. The van der Waals surface area contributed by atoms with E-state index in [4.69, 9.17) is 0 Å². The van der Waals surface area contributed by atoms with Gasteiger partial charge in [-0.25, -0.2) is 4.79 Å². The lowest BCUT2D eigenvalue weighted by Crippen LogP contribution is -2.48. The lowest BCUT2D eigenvalue weighted by molar-refractivity contribution is 0.123. The minimum Gasteiger partial charge on any atom is -0.394 e. The number of aromatic nitrogens is 1. The second kappa shape index (κ2) is 7.66. The van der Waals surface area contributed by atoms with Gasteiger partial charge in [-0.1, -0.05) is 44.2 Å². The Balaban J connectivity index is 1.80. The number of carbonyl (C=O) groups excluding carboxylic acids is 1. The number of carbonyl (C=O) groups is 1. The summed E-state index contributed by atoms with van der Waals surface area (Å²) in [4.78, 5) is 19.1. The Bertz CT molecular complexity index is 718. The van der Waals surface area contributed by atoms with Crippen LogP contribution in [0.5, 0.6) is 0 Å². The summed E-state index contributed by atoms with van der Waals surface area (Å²) >= 11 is 0. The molecule has 1 aliphatic heterocycles. The molecule has 25 heavy (non-hydrogen) atoms. The van der Waals surface area contributed by atoms with E-state index in [-0.39, 0.29) is 30.6 Å². The lowest BCUT2D eigenvalue weighted by Gasteiger charge is -2.37. The van der Waals surface area contributed by atoms with Crippen LogP contribution in [0.3, 0.4) is 0 Å². The van der Waals surface area contributed by atoms with Crippen molar-refractivity contribution in [2.24, 2.45) is 5.92 Å². The maximum atomic E-state index is 12.9. The number of nitrogens with one attached hydrogen (secondary N) is 1. The highest BCUT2D eigenvalue weighted by atomic mass is 16.3. The molecule has 1 aromatic heterocycles. The predicted octanol–water partition coefficient (Wildman–Crippen LogP) is 3.08. The molecule has 3 rings (SSSR count). The van der Waals surface area contributed by atoms with Crippen LogP contribution in [-0.4, -0.2) is 34.2 Å². The molecule has 0 saturated heterocycles. The summed E-state index contributed by atoms with van der Waals surface area (Å²) in [6.07, 6.45) is 2.54. The zero-order chi connectivity index (χ0) is 17.8. The molecule has 0 saturated carbocycles. The van der Waals surface area contributed by atoms with Crippen LogP contribution in [0.4, 0.5) is 4.79 Å². The highest BCUT2D eigenvalue weighted by Gasteiger charge is 2.32. The third-order valence-corrected chi connectivity index (χ3v) is 4.80. The maximum absolute atomic E-state index is 12.9. The van der Waals surface area contributed by atoms with E-state index in [9.17, 15) is 9.90 Å². The van der Waals surface area contributed by atoms with Crippen molar-refractivity contribution in [3.8, 4) is 0 Å². The third kappa shape index (κ3) is 3.66. The second-order valence-corrected chi connectivity index (χ2v) is 6.77. The molecule has 0 bridgehead atoms. The molecule has 1 aliphatic rings. The summed E-state index contributed by atoms with van der Waals surface area (Å²) in [7, 11) is 0. The molecule has 2 atom stereocenters. The SMILES string of the molecule is CC(C)[C@@H](NC(=O)N1CCc2ccccc2[C@@H]1CO)c1ccccn1. The first-order valence-electron chi connectivity index (χ1n) is 8.78. The van der Waals surface area contributed by atoms with Gasteiger partial charge in [-0.3, -0.25) is 4.98 Å². The van der Waals surface area contributed by atoms with Crippen molar-refractivity contribution in [1.29, 1.82) is 0 Å². The fourth-order valence-corrected chi connectivity index (χ4v) is 3.45. The van der Waals surface area contributed by atoms with E-state index in [2.05, 4.69) is 30.2 Å². The first-order chi connectivity index (χ1) is 12.1. The van der Waals surface area contributed by atoms with Gasteiger partial charge >= 0.3 is 6.03 Å². The molecule has 0 spiro atoms. The Labute approximate surface area is 148 Å². The van der Waals surface area contributed by atoms with E-state index in [1.54, 1.807) is 11.1 Å². The Morgan fingerprint density at radius 1 is 1.28 bits per heavy atom. The number of amides is 2. The molecule has 0 fully saturated rings. The number of pyridine rings is 1. The highest BCUT2D eigenvalue weighted by Crippen LogP contribution is 2.30. The zero-order valence-electron chi connectivity index (χ0n) is 14.7. The molecule has 0 unspecified atom stereocenters. The average Bonchev–Trinajstić information content (AvgIpc) is 2.65. The molecule has 132 valence electrons. The molecule has 5 heteroatoms. The van der Waals surface area contributed by atoms with E-state index < -0.39 is 0 Å². The first-order valence-corrected chi connectivity index (χ1v) is 8.78. The molecule has 0 aliphatic carbocycles. The van der Waals surface area contributed by atoms with E-state index in [0.29, 0.717) is 6.54 Å². The maximum Gasteiger partial charge on any atom is 0.318 e. The summed E-state index contributed by atoms with van der Waals surface area (Å²) in [5, 5.41) is 13.0. The number of urea groups is 1. The number of nitrogens with zero attached hydrogens (tertiary/aromatic N) is 2. The second-order valence-electron chi connectivity index (χ2n) is 6.77. The van der Waals surface area contributed by atoms with Gasteiger partial charge in [-0.05, 0) is 35.6 Å². The summed E-state index contributed by atoms with van der Waals surface area (Å²) in [5.41, 5.74) is 3.09. The van der Waals surface area contributed by atoms with Gasteiger partial charge in [0.1, 0.15) is 0 Å². The van der Waals surface area contributed by atoms with Crippen LogP contribution in [0.15, 0.2) is 48.7 Å². The molecule has 2 heterocycles. The largest absolute Gasteiger partial charge is 0.394 e. The zero-order valence-corrected chi connectivity index (χ0v) is 14.7. The van der Waals surface area contributed by atoms with Gasteiger partial charge in [-0.15, -0.1) is 0 Å². The fraction of sp³-hybridized carbons (Fsp3) is 0.400. The van der Waals surface area contributed by atoms with Crippen LogP contribution in [0, 0.1) is 5.92 Å². The predicted molar refractivity (Wildman–Crippen MR) is 97.0 cm³/mol. The third-order valence-electron chi connectivity index (χ3n) is 4.80. The van der Waals surface area contributed by atoms with Crippen molar-refractivity contribution in [1.82, 2.24) is 15.2 Å². The summed E-state index contributed by atoms with van der Waals surface area (Å²) in [5.74, 6) is 0.212. The summed E-state index contributed by atoms with van der Waals surface area (Å²) < 4.78 is 0. The molecule has 2 aromatic rings. The number of aliphatic hydroxyl groups excluding tert-OH is 1. The Morgan fingerprint density at radius 2 is 2.04 bits per heavy atom. The number of hydrogen-bond acceptors (Lipinski definition) is 3. The molecule has 2 amide bonds. The van der Waals surface area contributed by atoms with Gasteiger partial charge < -0.3 is 15.3 Å². The minimum atomic E-state index is -0.304. The van der Waals surface area contributed by atoms with Crippen LogP contribution in [0.1, 0.15) is 42.8 Å². The first kappa shape index (κ1) is 17.4. The Hall–Kier alpha value is -2.40. The highest BCUT2D eigenvalue weighted by molar-refractivity contribution is 5.76. The van der Waals surface area contributed by atoms with Crippen LogP contribution in [-0.2, 0) is 6.42 Å². The van der Waals surface area contributed by atoms with Crippen molar-refractivity contribution in [3.63, 3.8) is 0 Å². The number of hydrogen-bond donors (Lipinski definition) is 2. The van der Waals surface area contributed by atoms with E-state index in [0.717, 1.165) is 17.7 Å². The Kier molecular flexibility index (Phi) is 5.34. The van der Waals surface area contributed by atoms with Crippen molar-refractivity contribution >= 4 is 6.03 Å². The van der Waals surface area contributed by atoms with Gasteiger partial charge in [0, 0.05) is 12.7 Å². The van der Waals surface area contributed by atoms with Gasteiger partial charge in [0.15, 0.2) is 0 Å². The van der Waals surface area contributed by atoms with Crippen molar-refractivity contribution < 1.29 is 9.90 Å². The summed E-state index contributed by atoms with van der Waals surface area (Å²) in [6, 6.07) is 13.1. The quantitative estimate of drug-likeness (QED) is 0.900. The number of benzene rings is 1.